The van der Waals surface area contributed by atoms with Crippen LogP contribution < -0.4 is 10.6 Å². The van der Waals surface area contributed by atoms with Crippen LogP contribution in [-0.2, 0) is 6.54 Å². The Labute approximate surface area is 181 Å². The molecule has 0 saturated heterocycles. The van der Waals surface area contributed by atoms with Crippen molar-refractivity contribution in [1.29, 1.82) is 0 Å². The zero-order valence-electron chi connectivity index (χ0n) is 16.4. The SMILES string of the molecule is Cc1ccc([C@@H]2C[C@@H](C(F)(F)F)n3nc(C(=O)NCc4cccnc4)c(Cl)c3N2)cc1. The molecule has 0 spiro atoms. The fraction of sp³-hybridized carbons (Fsp3) is 0.286. The molecule has 0 saturated carbocycles. The zero-order valence-corrected chi connectivity index (χ0v) is 17.2. The first-order chi connectivity index (χ1) is 14.7. The molecule has 31 heavy (non-hydrogen) atoms. The van der Waals surface area contributed by atoms with E-state index in [1.807, 2.05) is 19.1 Å². The standard InChI is InChI=1S/C21H19ClF3N5O/c1-12-4-6-14(7-5-12)15-9-16(21(23,24)25)30-19(28-15)17(22)18(29-30)20(31)27-11-13-3-2-8-26-10-13/h2-8,10,15-16,28H,9,11H2,1H3,(H,27,31)/t15-,16-/m0/s1. The fourth-order valence-electron chi connectivity index (χ4n) is 3.52. The fourth-order valence-corrected chi connectivity index (χ4v) is 3.79. The van der Waals surface area contributed by atoms with Crippen LogP contribution >= 0.6 is 11.6 Å². The zero-order chi connectivity index (χ0) is 22.2. The second-order valence-corrected chi connectivity index (χ2v) is 7.78. The molecule has 10 heteroatoms. The first-order valence-corrected chi connectivity index (χ1v) is 9.96. The minimum atomic E-state index is -4.56. The summed E-state index contributed by atoms with van der Waals surface area (Å²) in [5, 5.41) is 9.43. The van der Waals surface area contributed by atoms with Crippen molar-refractivity contribution in [3.8, 4) is 0 Å². The van der Waals surface area contributed by atoms with Crippen molar-refractivity contribution >= 4 is 23.3 Å². The van der Waals surface area contributed by atoms with Gasteiger partial charge >= 0.3 is 6.18 Å². The molecule has 1 aromatic carbocycles. The summed E-state index contributed by atoms with van der Waals surface area (Å²) in [6, 6.07) is 8.18. The number of pyridine rings is 1. The topological polar surface area (TPSA) is 71.8 Å². The molecule has 3 aromatic rings. The highest BCUT2D eigenvalue weighted by atomic mass is 35.5. The van der Waals surface area contributed by atoms with Crippen molar-refractivity contribution < 1.29 is 18.0 Å². The Balaban J connectivity index is 1.64. The molecule has 2 atom stereocenters. The number of aromatic nitrogens is 3. The van der Waals surface area contributed by atoms with Crippen molar-refractivity contribution in [2.24, 2.45) is 0 Å². The van der Waals surface area contributed by atoms with Gasteiger partial charge in [-0.15, -0.1) is 0 Å². The van der Waals surface area contributed by atoms with Crippen LogP contribution in [0.4, 0.5) is 19.0 Å². The van der Waals surface area contributed by atoms with Gasteiger partial charge in [-0.05, 0) is 24.1 Å². The molecule has 2 N–H and O–H groups in total. The van der Waals surface area contributed by atoms with Crippen molar-refractivity contribution in [2.75, 3.05) is 5.32 Å². The molecule has 4 rings (SSSR count). The average molecular weight is 450 g/mol. The largest absolute Gasteiger partial charge is 0.410 e. The highest BCUT2D eigenvalue weighted by molar-refractivity contribution is 6.36. The van der Waals surface area contributed by atoms with E-state index in [-0.39, 0.29) is 29.5 Å². The third kappa shape index (κ3) is 4.36. The number of aryl methyl sites for hydroxylation is 1. The molecule has 162 valence electrons. The second kappa shape index (κ2) is 8.22. The number of carbonyl (C=O) groups excluding carboxylic acids is 1. The average Bonchev–Trinajstić information content (AvgIpc) is 3.08. The van der Waals surface area contributed by atoms with E-state index in [4.69, 9.17) is 11.6 Å². The summed E-state index contributed by atoms with van der Waals surface area (Å²) in [6.45, 7) is 2.05. The van der Waals surface area contributed by atoms with Crippen LogP contribution in [0.1, 0.15) is 45.7 Å². The lowest BCUT2D eigenvalue weighted by Crippen LogP contribution is -2.35. The van der Waals surface area contributed by atoms with Crippen molar-refractivity contribution in [3.05, 3.63) is 76.2 Å². The van der Waals surface area contributed by atoms with Crippen molar-refractivity contribution in [2.45, 2.75) is 38.1 Å². The van der Waals surface area contributed by atoms with Crippen molar-refractivity contribution in [1.82, 2.24) is 20.1 Å². The summed E-state index contributed by atoms with van der Waals surface area (Å²) in [5.41, 5.74) is 2.18. The molecule has 6 nitrogen and oxygen atoms in total. The molecule has 0 radical (unpaired) electrons. The molecule has 0 unspecified atom stereocenters. The number of nitrogens with zero attached hydrogens (tertiary/aromatic N) is 3. The number of alkyl halides is 3. The van der Waals surface area contributed by atoms with E-state index in [9.17, 15) is 18.0 Å². The Hall–Kier alpha value is -3.07. The first kappa shape index (κ1) is 21.2. The maximum absolute atomic E-state index is 13.8. The van der Waals surface area contributed by atoms with Gasteiger partial charge in [0, 0.05) is 25.4 Å². The third-order valence-corrected chi connectivity index (χ3v) is 5.52. The molecule has 1 aliphatic heterocycles. The lowest BCUT2D eigenvalue weighted by atomic mass is 9.96. The molecular weight excluding hydrogens is 431 g/mol. The van der Waals surface area contributed by atoms with Crippen molar-refractivity contribution in [3.63, 3.8) is 0 Å². The van der Waals surface area contributed by atoms with E-state index < -0.39 is 24.2 Å². The van der Waals surface area contributed by atoms with Crippen LogP contribution in [0.15, 0.2) is 48.8 Å². The molecule has 0 bridgehead atoms. The summed E-state index contributed by atoms with van der Waals surface area (Å²) in [5.74, 6) is -0.683. The van der Waals surface area contributed by atoms with Gasteiger partial charge in [-0.1, -0.05) is 47.5 Å². The quantitative estimate of drug-likeness (QED) is 0.598. The van der Waals surface area contributed by atoms with Gasteiger partial charge in [0.2, 0.25) is 0 Å². The van der Waals surface area contributed by atoms with E-state index in [1.54, 1.807) is 36.7 Å². The molecule has 1 aliphatic rings. The smallest absolute Gasteiger partial charge is 0.362 e. The number of benzene rings is 1. The number of rotatable bonds is 4. The van der Waals surface area contributed by atoms with Crippen LogP contribution in [0.5, 0.6) is 0 Å². The summed E-state index contributed by atoms with van der Waals surface area (Å²) >= 11 is 6.33. The van der Waals surface area contributed by atoms with Gasteiger partial charge < -0.3 is 10.6 Å². The lowest BCUT2D eigenvalue weighted by Gasteiger charge is -2.33. The number of hydrogen-bond acceptors (Lipinski definition) is 4. The molecular formula is C21H19ClF3N5O. The first-order valence-electron chi connectivity index (χ1n) is 9.59. The predicted molar refractivity (Wildman–Crippen MR) is 110 cm³/mol. The number of nitrogens with one attached hydrogen (secondary N) is 2. The van der Waals surface area contributed by atoms with E-state index >= 15 is 0 Å². The van der Waals surface area contributed by atoms with Crippen LogP contribution in [0.2, 0.25) is 5.02 Å². The number of halogens is 4. The Morgan fingerprint density at radius 3 is 2.68 bits per heavy atom. The number of amides is 1. The van der Waals surface area contributed by atoms with Gasteiger partial charge in [-0.3, -0.25) is 9.78 Å². The van der Waals surface area contributed by atoms with Crippen LogP contribution in [-0.4, -0.2) is 26.8 Å². The maximum Gasteiger partial charge on any atom is 0.410 e. The molecule has 2 aromatic heterocycles. The van der Waals surface area contributed by atoms with Crippen LogP contribution in [0.25, 0.3) is 0 Å². The molecule has 3 heterocycles. The van der Waals surface area contributed by atoms with E-state index in [1.165, 1.54) is 0 Å². The summed E-state index contributed by atoms with van der Waals surface area (Å²) in [6.07, 6.45) is -1.65. The van der Waals surface area contributed by atoms with Gasteiger partial charge in [-0.25, -0.2) is 4.68 Å². The summed E-state index contributed by atoms with van der Waals surface area (Å²) in [7, 11) is 0. The predicted octanol–water partition coefficient (Wildman–Crippen LogP) is 4.83. The van der Waals surface area contributed by atoms with Gasteiger partial charge in [0.25, 0.3) is 5.91 Å². The Bertz CT molecular complexity index is 1080. The molecule has 0 fully saturated rings. The monoisotopic (exact) mass is 449 g/mol. The Morgan fingerprint density at radius 1 is 1.29 bits per heavy atom. The molecule has 0 aliphatic carbocycles. The maximum atomic E-state index is 13.8. The van der Waals surface area contributed by atoms with Crippen LogP contribution in [0.3, 0.4) is 0 Å². The number of hydrogen-bond donors (Lipinski definition) is 2. The van der Waals surface area contributed by atoms with E-state index in [2.05, 4.69) is 20.7 Å². The third-order valence-electron chi connectivity index (χ3n) is 5.17. The van der Waals surface area contributed by atoms with Gasteiger partial charge in [0.1, 0.15) is 10.8 Å². The minimum absolute atomic E-state index is 0.0210. The number of carbonyl (C=O) groups is 1. The summed E-state index contributed by atoms with van der Waals surface area (Å²) < 4.78 is 42.3. The summed E-state index contributed by atoms with van der Waals surface area (Å²) in [4.78, 5) is 16.6. The van der Waals surface area contributed by atoms with Gasteiger partial charge in [-0.2, -0.15) is 18.3 Å². The Kier molecular flexibility index (Phi) is 5.62. The second-order valence-electron chi connectivity index (χ2n) is 7.40. The Morgan fingerprint density at radius 2 is 2.03 bits per heavy atom. The van der Waals surface area contributed by atoms with Gasteiger partial charge in [0.15, 0.2) is 11.7 Å². The number of fused-ring (bicyclic) bond motifs is 1. The lowest BCUT2D eigenvalue weighted by molar-refractivity contribution is -0.173. The number of anilines is 1. The minimum Gasteiger partial charge on any atom is -0.362 e. The van der Waals surface area contributed by atoms with E-state index in [0.717, 1.165) is 15.8 Å². The van der Waals surface area contributed by atoms with Gasteiger partial charge in [0.05, 0.1) is 6.04 Å². The highest BCUT2D eigenvalue weighted by Crippen LogP contribution is 2.46. The highest BCUT2D eigenvalue weighted by Gasteiger charge is 2.47. The molecule has 1 amide bonds. The van der Waals surface area contributed by atoms with Crippen LogP contribution in [0, 0.1) is 6.92 Å². The van der Waals surface area contributed by atoms with E-state index in [0.29, 0.717) is 5.56 Å². The normalized spacial score (nSPS) is 18.2.